The lowest BCUT2D eigenvalue weighted by Crippen LogP contribution is -2.45. The SMILES string of the molecule is C[C@@H]1CCN(C(=O)CN2C(=O)N[C@](C)(c3cc4ccccc4o3)C2=O)c2ccccc2S1. The summed E-state index contributed by atoms with van der Waals surface area (Å²) in [6.45, 7) is 3.95. The Kier molecular flexibility index (Phi) is 4.97. The van der Waals surface area contributed by atoms with Gasteiger partial charge < -0.3 is 14.6 Å². The Morgan fingerprint density at radius 1 is 1.19 bits per heavy atom. The van der Waals surface area contributed by atoms with E-state index in [4.69, 9.17) is 4.42 Å². The van der Waals surface area contributed by atoms with E-state index < -0.39 is 17.5 Å². The Morgan fingerprint density at radius 2 is 1.94 bits per heavy atom. The average Bonchev–Trinajstić information content (AvgIpc) is 3.24. The summed E-state index contributed by atoms with van der Waals surface area (Å²) >= 11 is 1.73. The van der Waals surface area contributed by atoms with E-state index in [1.54, 1.807) is 35.7 Å². The van der Waals surface area contributed by atoms with Crippen LogP contribution in [0.25, 0.3) is 11.0 Å². The van der Waals surface area contributed by atoms with Crippen LogP contribution in [0.5, 0.6) is 0 Å². The predicted octanol–water partition coefficient (Wildman–Crippen LogP) is 4.12. The smallest absolute Gasteiger partial charge is 0.325 e. The number of carbonyl (C=O) groups is 3. The number of benzene rings is 2. The van der Waals surface area contributed by atoms with Gasteiger partial charge in [0.15, 0.2) is 5.54 Å². The van der Waals surface area contributed by atoms with Crippen LogP contribution in [0, 0.1) is 0 Å². The molecule has 0 bridgehead atoms. The summed E-state index contributed by atoms with van der Waals surface area (Å²) < 4.78 is 5.86. The van der Waals surface area contributed by atoms with Crippen LogP contribution in [0.4, 0.5) is 10.5 Å². The molecule has 3 aromatic rings. The van der Waals surface area contributed by atoms with E-state index >= 15 is 0 Å². The van der Waals surface area contributed by atoms with Crippen molar-refractivity contribution in [3.05, 3.63) is 60.4 Å². The quantitative estimate of drug-likeness (QED) is 0.609. The van der Waals surface area contributed by atoms with Crippen molar-refractivity contribution in [2.24, 2.45) is 0 Å². The Bertz CT molecular complexity index is 1210. The molecule has 0 radical (unpaired) electrons. The zero-order valence-corrected chi connectivity index (χ0v) is 18.6. The summed E-state index contributed by atoms with van der Waals surface area (Å²) in [5.41, 5.74) is 0.0873. The van der Waals surface area contributed by atoms with Gasteiger partial charge >= 0.3 is 6.03 Å². The first-order chi connectivity index (χ1) is 15.4. The van der Waals surface area contributed by atoms with E-state index in [-0.39, 0.29) is 12.5 Å². The first-order valence-electron chi connectivity index (χ1n) is 10.6. The third-order valence-electron chi connectivity index (χ3n) is 6.03. The van der Waals surface area contributed by atoms with Crippen molar-refractivity contribution in [2.45, 2.75) is 36.0 Å². The van der Waals surface area contributed by atoms with E-state index in [0.717, 1.165) is 27.3 Å². The molecule has 1 fully saturated rings. The summed E-state index contributed by atoms with van der Waals surface area (Å²) in [4.78, 5) is 43.0. The highest BCUT2D eigenvalue weighted by Gasteiger charge is 2.52. The van der Waals surface area contributed by atoms with Gasteiger partial charge in [-0.1, -0.05) is 37.3 Å². The summed E-state index contributed by atoms with van der Waals surface area (Å²) in [5.74, 6) is -0.442. The van der Waals surface area contributed by atoms with Crippen LogP contribution in [0.15, 0.2) is 63.9 Å². The molecule has 1 aromatic heterocycles. The maximum Gasteiger partial charge on any atom is 0.325 e. The zero-order chi connectivity index (χ0) is 22.5. The highest BCUT2D eigenvalue weighted by Crippen LogP contribution is 2.38. The molecule has 7 nitrogen and oxygen atoms in total. The number of nitrogens with one attached hydrogen (secondary N) is 1. The second-order valence-corrected chi connectivity index (χ2v) is 9.81. The van der Waals surface area contributed by atoms with Gasteiger partial charge in [-0.3, -0.25) is 14.5 Å². The van der Waals surface area contributed by atoms with Crippen LogP contribution in [0.3, 0.4) is 0 Å². The van der Waals surface area contributed by atoms with Crippen molar-refractivity contribution < 1.29 is 18.8 Å². The Morgan fingerprint density at radius 3 is 2.75 bits per heavy atom. The van der Waals surface area contributed by atoms with Gasteiger partial charge in [-0.2, -0.15) is 0 Å². The van der Waals surface area contributed by atoms with Gasteiger partial charge in [-0.15, -0.1) is 11.8 Å². The third-order valence-corrected chi connectivity index (χ3v) is 7.27. The number of furan rings is 1. The Labute approximate surface area is 189 Å². The normalized spacial score (nSPS) is 23.2. The molecule has 8 heteroatoms. The number of hydrogen-bond donors (Lipinski definition) is 1. The molecule has 2 aromatic carbocycles. The number of carbonyl (C=O) groups excluding carboxylic acids is 3. The third kappa shape index (κ3) is 3.35. The van der Waals surface area contributed by atoms with Crippen molar-refractivity contribution in [2.75, 3.05) is 18.0 Å². The molecule has 2 atom stereocenters. The predicted molar refractivity (Wildman–Crippen MR) is 123 cm³/mol. The van der Waals surface area contributed by atoms with Crippen molar-refractivity contribution in [3.8, 4) is 0 Å². The number of nitrogens with zero attached hydrogens (tertiary/aromatic N) is 2. The van der Waals surface area contributed by atoms with Crippen LogP contribution in [0.1, 0.15) is 26.0 Å². The standard InChI is InChI=1S/C24H23N3O4S/c1-15-11-12-26(17-8-4-6-10-19(17)32-15)21(28)14-27-22(29)24(2,25-23(27)30)20-13-16-7-3-5-9-18(16)31-20/h3-10,13,15H,11-12,14H2,1-2H3,(H,25,30)/t15-,24-/m1/s1. The number of urea groups is 1. The maximum atomic E-state index is 13.3. The summed E-state index contributed by atoms with van der Waals surface area (Å²) in [6.07, 6.45) is 0.821. The molecule has 5 rings (SSSR count). The average molecular weight is 450 g/mol. The van der Waals surface area contributed by atoms with Gasteiger partial charge in [0.25, 0.3) is 5.91 Å². The second-order valence-electron chi connectivity index (χ2n) is 8.33. The molecule has 0 saturated carbocycles. The molecular formula is C24H23N3O4S. The van der Waals surface area contributed by atoms with Gasteiger partial charge in [0.05, 0.1) is 5.69 Å². The molecule has 2 aliphatic heterocycles. The fraction of sp³-hybridized carbons (Fsp3) is 0.292. The molecular weight excluding hydrogens is 426 g/mol. The first kappa shape index (κ1) is 20.6. The maximum absolute atomic E-state index is 13.3. The van der Waals surface area contributed by atoms with Crippen LogP contribution >= 0.6 is 11.8 Å². The van der Waals surface area contributed by atoms with Crippen molar-refractivity contribution in [1.82, 2.24) is 10.2 Å². The molecule has 164 valence electrons. The molecule has 4 amide bonds. The molecule has 1 saturated heterocycles. The Hall–Kier alpha value is -3.26. The van der Waals surface area contributed by atoms with Gasteiger partial charge in [-0.25, -0.2) is 4.79 Å². The Balaban J connectivity index is 1.41. The number of fused-ring (bicyclic) bond motifs is 2. The number of para-hydroxylation sites is 2. The van der Waals surface area contributed by atoms with Crippen molar-refractivity contribution >= 4 is 46.3 Å². The molecule has 2 aliphatic rings. The van der Waals surface area contributed by atoms with Gasteiger partial charge in [0, 0.05) is 22.1 Å². The highest BCUT2D eigenvalue weighted by atomic mass is 32.2. The number of anilines is 1. The summed E-state index contributed by atoms with van der Waals surface area (Å²) in [5, 5.41) is 3.93. The van der Waals surface area contributed by atoms with Crippen LogP contribution < -0.4 is 10.2 Å². The molecule has 0 spiro atoms. The molecule has 32 heavy (non-hydrogen) atoms. The minimum atomic E-state index is -1.36. The lowest BCUT2D eigenvalue weighted by molar-refractivity contribution is -0.134. The highest BCUT2D eigenvalue weighted by molar-refractivity contribution is 8.00. The monoisotopic (exact) mass is 449 g/mol. The molecule has 0 aliphatic carbocycles. The zero-order valence-electron chi connectivity index (χ0n) is 17.8. The van der Waals surface area contributed by atoms with Crippen LogP contribution in [-0.2, 0) is 15.1 Å². The van der Waals surface area contributed by atoms with Gasteiger partial charge in [0.1, 0.15) is 17.9 Å². The van der Waals surface area contributed by atoms with Crippen molar-refractivity contribution in [3.63, 3.8) is 0 Å². The van der Waals surface area contributed by atoms with E-state index in [9.17, 15) is 14.4 Å². The summed E-state index contributed by atoms with van der Waals surface area (Å²) in [7, 11) is 0. The minimum Gasteiger partial charge on any atom is -0.458 e. The topological polar surface area (TPSA) is 82.9 Å². The number of imide groups is 1. The van der Waals surface area contributed by atoms with E-state index in [0.29, 0.717) is 23.1 Å². The van der Waals surface area contributed by atoms with Crippen LogP contribution in [0.2, 0.25) is 0 Å². The van der Waals surface area contributed by atoms with Gasteiger partial charge in [-0.05, 0) is 37.6 Å². The van der Waals surface area contributed by atoms with E-state index in [1.807, 2.05) is 42.5 Å². The number of amides is 4. The largest absolute Gasteiger partial charge is 0.458 e. The minimum absolute atomic E-state index is 0.287. The fourth-order valence-corrected chi connectivity index (χ4v) is 5.32. The first-order valence-corrected chi connectivity index (χ1v) is 11.4. The lowest BCUT2D eigenvalue weighted by atomic mass is 9.99. The van der Waals surface area contributed by atoms with Gasteiger partial charge in [0.2, 0.25) is 5.91 Å². The van der Waals surface area contributed by atoms with E-state index in [2.05, 4.69) is 12.2 Å². The fourth-order valence-electron chi connectivity index (χ4n) is 4.20. The molecule has 1 N–H and O–H groups in total. The van der Waals surface area contributed by atoms with Crippen molar-refractivity contribution in [1.29, 1.82) is 0 Å². The summed E-state index contributed by atoms with van der Waals surface area (Å²) in [6, 6.07) is 16.3. The lowest BCUT2D eigenvalue weighted by Gasteiger charge is -2.25. The number of thioether (sulfide) groups is 1. The molecule has 3 heterocycles. The van der Waals surface area contributed by atoms with E-state index in [1.165, 1.54) is 0 Å². The number of rotatable bonds is 3. The number of hydrogen-bond acceptors (Lipinski definition) is 5. The van der Waals surface area contributed by atoms with Crippen LogP contribution in [-0.4, -0.2) is 41.1 Å². The second kappa shape index (κ2) is 7.70. The molecule has 0 unspecified atom stereocenters.